The van der Waals surface area contributed by atoms with Crippen molar-refractivity contribution in [2.75, 3.05) is 24.7 Å². The Hall–Kier alpha value is -3.48. The van der Waals surface area contributed by atoms with Crippen LogP contribution in [0.15, 0.2) is 54.6 Å². The van der Waals surface area contributed by atoms with Gasteiger partial charge in [0.1, 0.15) is 0 Å². The molecule has 0 aliphatic carbocycles. The van der Waals surface area contributed by atoms with Crippen LogP contribution >= 0.6 is 0 Å². The van der Waals surface area contributed by atoms with Gasteiger partial charge in [-0.25, -0.2) is 4.79 Å². The molecule has 0 aromatic heterocycles. The van der Waals surface area contributed by atoms with Gasteiger partial charge in [-0.05, 0) is 30.7 Å². The highest BCUT2D eigenvalue weighted by Crippen LogP contribution is 2.26. The molecule has 0 unspecified atom stereocenters. The normalized spacial score (nSPS) is 15.7. The van der Waals surface area contributed by atoms with Crippen LogP contribution in [0.1, 0.15) is 40.5 Å². The molecule has 0 N–H and O–H groups in total. The fraction of sp³-hybridized carbons (Fsp3) is 0.304. The second-order valence-corrected chi connectivity index (χ2v) is 6.99. The first kappa shape index (κ1) is 21.2. The molecule has 7 heteroatoms. The Kier molecular flexibility index (Phi) is 6.95. The van der Waals surface area contributed by atoms with E-state index >= 15 is 0 Å². The Bertz CT molecular complexity index is 922. The van der Waals surface area contributed by atoms with Crippen molar-refractivity contribution in [1.29, 1.82) is 0 Å². The number of anilines is 1. The number of amides is 1. The van der Waals surface area contributed by atoms with Gasteiger partial charge in [0, 0.05) is 24.2 Å². The van der Waals surface area contributed by atoms with Crippen LogP contribution in [-0.4, -0.2) is 43.4 Å². The Morgan fingerprint density at radius 1 is 0.967 bits per heavy atom. The summed E-state index contributed by atoms with van der Waals surface area (Å²) in [5.74, 6) is -2.14. The first-order valence-electron chi connectivity index (χ1n) is 9.82. The van der Waals surface area contributed by atoms with Crippen LogP contribution in [0.2, 0.25) is 0 Å². The molecule has 1 aliphatic heterocycles. The molecule has 30 heavy (non-hydrogen) atoms. The lowest BCUT2D eigenvalue weighted by molar-refractivity contribution is -0.147. The molecule has 156 valence electrons. The predicted molar refractivity (Wildman–Crippen MR) is 109 cm³/mol. The number of carbonyl (C=O) groups is 4. The lowest BCUT2D eigenvalue weighted by Gasteiger charge is -2.17. The zero-order valence-corrected chi connectivity index (χ0v) is 16.7. The molecule has 1 saturated heterocycles. The van der Waals surface area contributed by atoms with Gasteiger partial charge < -0.3 is 14.4 Å². The fourth-order valence-electron chi connectivity index (χ4n) is 3.13. The van der Waals surface area contributed by atoms with Gasteiger partial charge in [0.25, 0.3) is 0 Å². The number of ketones is 1. The van der Waals surface area contributed by atoms with Crippen LogP contribution in [0.5, 0.6) is 0 Å². The molecule has 1 amide bonds. The molecule has 1 heterocycles. The topological polar surface area (TPSA) is 90.0 Å². The summed E-state index contributed by atoms with van der Waals surface area (Å²) in [5, 5.41) is 0. The third kappa shape index (κ3) is 5.11. The Balaban J connectivity index is 1.56. The zero-order chi connectivity index (χ0) is 21.5. The first-order chi connectivity index (χ1) is 14.5. The number of hydrogen-bond donors (Lipinski definition) is 0. The van der Waals surface area contributed by atoms with Gasteiger partial charge in [-0.1, -0.05) is 37.3 Å². The minimum absolute atomic E-state index is 0.0126. The van der Waals surface area contributed by atoms with Crippen LogP contribution in [0.4, 0.5) is 5.69 Å². The average molecular weight is 409 g/mol. The molecule has 0 bridgehead atoms. The predicted octanol–water partition coefficient (Wildman–Crippen LogP) is 3.03. The summed E-state index contributed by atoms with van der Waals surface area (Å²) < 4.78 is 10.2. The first-order valence-corrected chi connectivity index (χ1v) is 9.82. The van der Waals surface area contributed by atoms with Gasteiger partial charge in [-0.3, -0.25) is 14.4 Å². The van der Waals surface area contributed by atoms with Gasteiger partial charge in [0.05, 0.1) is 18.1 Å². The van der Waals surface area contributed by atoms with Gasteiger partial charge in [0.2, 0.25) is 5.91 Å². The molecular weight excluding hydrogens is 386 g/mol. The van der Waals surface area contributed by atoms with E-state index in [0.29, 0.717) is 23.4 Å². The maximum absolute atomic E-state index is 12.4. The quantitative estimate of drug-likeness (QED) is 0.492. The summed E-state index contributed by atoms with van der Waals surface area (Å²) in [6, 6.07) is 15.0. The van der Waals surface area contributed by atoms with Crippen LogP contribution in [0.25, 0.3) is 0 Å². The van der Waals surface area contributed by atoms with Crippen molar-refractivity contribution >= 4 is 29.3 Å². The van der Waals surface area contributed by atoms with Crippen molar-refractivity contribution in [3.8, 4) is 0 Å². The summed E-state index contributed by atoms with van der Waals surface area (Å²) in [4.78, 5) is 50.1. The van der Waals surface area contributed by atoms with E-state index in [1.807, 2.05) is 6.92 Å². The summed E-state index contributed by atoms with van der Waals surface area (Å²) in [7, 11) is 0. The van der Waals surface area contributed by atoms with Crippen molar-refractivity contribution in [2.45, 2.75) is 19.8 Å². The molecule has 0 radical (unpaired) electrons. The Morgan fingerprint density at radius 2 is 1.67 bits per heavy atom. The molecule has 7 nitrogen and oxygen atoms in total. The molecule has 1 atom stereocenters. The number of benzene rings is 2. The van der Waals surface area contributed by atoms with E-state index in [-0.39, 0.29) is 31.3 Å². The van der Waals surface area contributed by atoms with E-state index < -0.39 is 17.9 Å². The molecule has 3 rings (SSSR count). The average Bonchev–Trinajstić information content (AvgIpc) is 3.18. The van der Waals surface area contributed by atoms with E-state index in [2.05, 4.69) is 0 Å². The second-order valence-electron chi connectivity index (χ2n) is 6.99. The number of rotatable bonds is 8. The molecule has 1 aliphatic rings. The molecule has 1 fully saturated rings. The summed E-state index contributed by atoms with van der Waals surface area (Å²) in [5.41, 5.74) is 1.45. The smallest absolute Gasteiger partial charge is 0.338 e. The van der Waals surface area contributed by atoms with Crippen molar-refractivity contribution in [2.24, 2.45) is 5.92 Å². The summed E-state index contributed by atoms with van der Waals surface area (Å²) in [6.45, 7) is 2.06. The van der Waals surface area contributed by atoms with Gasteiger partial charge in [0.15, 0.2) is 12.4 Å². The number of nitrogens with zero attached hydrogens (tertiary/aromatic N) is 1. The largest absolute Gasteiger partial charge is 0.462 e. The van der Waals surface area contributed by atoms with E-state index in [0.717, 1.165) is 6.42 Å². The summed E-state index contributed by atoms with van der Waals surface area (Å²) in [6.07, 6.45) is 0.749. The third-order valence-corrected chi connectivity index (χ3v) is 4.75. The maximum atomic E-state index is 12.4. The van der Waals surface area contributed by atoms with Crippen molar-refractivity contribution < 1.29 is 28.7 Å². The number of Topliss-reactive ketones (excluding diaryl/α,β-unsaturated/α-hetero) is 1. The monoisotopic (exact) mass is 409 g/mol. The third-order valence-electron chi connectivity index (χ3n) is 4.75. The van der Waals surface area contributed by atoms with Crippen molar-refractivity contribution in [3.05, 3.63) is 65.7 Å². The Morgan fingerprint density at radius 3 is 2.33 bits per heavy atom. The van der Waals surface area contributed by atoms with E-state index in [1.54, 1.807) is 54.6 Å². The SMILES string of the molecule is CCCOC(=O)c1ccc(N2C[C@@H](C(=O)OCC(=O)c3ccccc3)CC2=O)cc1. The minimum Gasteiger partial charge on any atom is -0.462 e. The van der Waals surface area contributed by atoms with Crippen LogP contribution in [0.3, 0.4) is 0 Å². The van der Waals surface area contributed by atoms with Crippen LogP contribution in [0, 0.1) is 5.92 Å². The zero-order valence-electron chi connectivity index (χ0n) is 16.7. The minimum atomic E-state index is -0.643. The highest BCUT2D eigenvalue weighted by molar-refractivity contribution is 6.01. The van der Waals surface area contributed by atoms with Gasteiger partial charge in [-0.15, -0.1) is 0 Å². The fourth-order valence-corrected chi connectivity index (χ4v) is 3.13. The summed E-state index contributed by atoms with van der Waals surface area (Å²) >= 11 is 0. The van der Waals surface area contributed by atoms with E-state index in [1.165, 1.54) is 4.90 Å². The second kappa shape index (κ2) is 9.82. The molecule has 0 saturated carbocycles. The molecule has 2 aromatic rings. The Labute approximate surface area is 174 Å². The van der Waals surface area contributed by atoms with Crippen molar-refractivity contribution in [1.82, 2.24) is 0 Å². The number of carbonyl (C=O) groups excluding carboxylic acids is 4. The van der Waals surface area contributed by atoms with Crippen LogP contribution < -0.4 is 4.90 Å². The highest BCUT2D eigenvalue weighted by Gasteiger charge is 2.36. The molecule has 0 spiro atoms. The highest BCUT2D eigenvalue weighted by atomic mass is 16.5. The number of esters is 2. The van der Waals surface area contributed by atoms with Gasteiger partial charge in [-0.2, -0.15) is 0 Å². The lowest BCUT2D eigenvalue weighted by Crippen LogP contribution is -2.27. The molecular formula is C23H23NO6. The molecule has 2 aromatic carbocycles. The number of ether oxygens (including phenoxy) is 2. The standard InChI is InChI=1S/C23H23NO6/c1-2-12-29-22(27)17-8-10-19(11-9-17)24-14-18(13-21(24)26)23(28)30-15-20(25)16-6-4-3-5-7-16/h3-11,18H,2,12-15H2,1H3/t18-/m0/s1. The maximum Gasteiger partial charge on any atom is 0.338 e. The van der Waals surface area contributed by atoms with Crippen molar-refractivity contribution in [3.63, 3.8) is 0 Å². The number of hydrogen-bond acceptors (Lipinski definition) is 6. The lowest BCUT2D eigenvalue weighted by atomic mass is 10.1. The van der Waals surface area contributed by atoms with E-state index in [9.17, 15) is 19.2 Å². The van der Waals surface area contributed by atoms with E-state index in [4.69, 9.17) is 9.47 Å². The van der Waals surface area contributed by atoms with Crippen LogP contribution in [-0.2, 0) is 19.1 Å². The van der Waals surface area contributed by atoms with Gasteiger partial charge >= 0.3 is 11.9 Å².